The SMILES string of the molecule is CC/C=C\C/C=C\C/C=C\C/C=C\C/C=C\CCCCCC(=O)OCC(COCCCCCCCCCC/C=C\CCCCCCCC)OC(=O)CCCCCCCC/C=C\C/C=C\C/C=C\C/C=C\CC. The number of hydrogen-bond donors (Lipinski definition) is 0. The smallest absolute Gasteiger partial charge is 0.306 e. The largest absolute Gasteiger partial charge is 0.462 e. The van der Waals surface area contributed by atoms with E-state index >= 15 is 0 Å². The van der Waals surface area contributed by atoms with Crippen LogP contribution in [0.25, 0.3) is 0 Å². The van der Waals surface area contributed by atoms with Gasteiger partial charge in [-0.3, -0.25) is 9.59 Å². The molecule has 0 aliphatic rings. The molecule has 5 nitrogen and oxygen atoms in total. The zero-order valence-electron chi connectivity index (χ0n) is 47.2. The molecule has 0 heterocycles. The van der Waals surface area contributed by atoms with E-state index in [1.54, 1.807) is 0 Å². The lowest BCUT2D eigenvalue weighted by atomic mass is 10.1. The van der Waals surface area contributed by atoms with Crippen LogP contribution in [-0.2, 0) is 23.8 Å². The van der Waals surface area contributed by atoms with Crippen molar-refractivity contribution in [3.8, 4) is 0 Å². The Hall–Kier alpha value is -3.70. The van der Waals surface area contributed by atoms with Crippen molar-refractivity contribution >= 4 is 11.9 Å². The van der Waals surface area contributed by atoms with E-state index in [1.807, 2.05) is 0 Å². The van der Waals surface area contributed by atoms with Crippen LogP contribution in [0.4, 0.5) is 0 Å². The van der Waals surface area contributed by atoms with Crippen LogP contribution < -0.4 is 0 Å². The van der Waals surface area contributed by atoms with E-state index < -0.39 is 6.10 Å². The molecule has 0 saturated heterocycles. The van der Waals surface area contributed by atoms with Gasteiger partial charge in [0.2, 0.25) is 0 Å². The van der Waals surface area contributed by atoms with Crippen LogP contribution in [-0.4, -0.2) is 37.9 Å². The molecule has 0 spiro atoms. The van der Waals surface area contributed by atoms with Gasteiger partial charge in [-0.2, -0.15) is 0 Å². The Morgan fingerprint density at radius 2 is 0.625 bits per heavy atom. The van der Waals surface area contributed by atoms with E-state index in [2.05, 4.69) is 142 Å². The summed E-state index contributed by atoms with van der Waals surface area (Å²) in [5.41, 5.74) is 0. The minimum atomic E-state index is -0.569. The number of unbranched alkanes of at least 4 members (excludes halogenated alkanes) is 23. The summed E-state index contributed by atoms with van der Waals surface area (Å²) < 4.78 is 17.5. The topological polar surface area (TPSA) is 61.8 Å². The van der Waals surface area contributed by atoms with Gasteiger partial charge in [0.1, 0.15) is 6.61 Å². The Bertz CT molecular complexity index is 1450. The molecule has 0 aliphatic heterocycles. The molecular weight excluding hydrogens is 885 g/mol. The van der Waals surface area contributed by atoms with Gasteiger partial charge in [0.25, 0.3) is 0 Å². The summed E-state index contributed by atoms with van der Waals surface area (Å²) in [5, 5.41) is 0. The fraction of sp³-hybridized carbons (Fsp3) is 0.672. The molecule has 0 saturated carbocycles. The number of carbonyl (C=O) groups excluding carboxylic acids is 2. The molecule has 72 heavy (non-hydrogen) atoms. The first-order valence-electron chi connectivity index (χ1n) is 30.1. The van der Waals surface area contributed by atoms with Crippen LogP contribution in [0.1, 0.15) is 265 Å². The zero-order chi connectivity index (χ0) is 52.0. The maximum atomic E-state index is 12.9. The molecule has 0 rings (SSSR count). The summed E-state index contributed by atoms with van der Waals surface area (Å²) in [7, 11) is 0. The van der Waals surface area contributed by atoms with Gasteiger partial charge in [-0.05, 0) is 128 Å². The van der Waals surface area contributed by atoms with Gasteiger partial charge in [0.05, 0.1) is 6.61 Å². The van der Waals surface area contributed by atoms with Gasteiger partial charge in [0.15, 0.2) is 6.10 Å². The third-order valence-corrected chi connectivity index (χ3v) is 12.5. The van der Waals surface area contributed by atoms with Crippen molar-refractivity contribution in [2.45, 2.75) is 271 Å². The van der Waals surface area contributed by atoms with Crippen LogP contribution >= 0.6 is 0 Å². The van der Waals surface area contributed by atoms with E-state index in [1.165, 1.54) is 109 Å². The molecule has 0 aromatic carbocycles. The Labute approximate surface area is 446 Å². The molecule has 0 aromatic rings. The quantitative estimate of drug-likeness (QED) is 0.0345. The molecule has 0 aromatic heterocycles. The number of esters is 2. The van der Waals surface area contributed by atoms with Gasteiger partial charge in [-0.15, -0.1) is 0 Å². The van der Waals surface area contributed by atoms with E-state index in [0.717, 1.165) is 122 Å². The highest BCUT2D eigenvalue weighted by molar-refractivity contribution is 5.70. The molecular formula is C67H112O5. The summed E-state index contributed by atoms with van der Waals surface area (Å²) >= 11 is 0. The maximum Gasteiger partial charge on any atom is 0.306 e. The molecule has 0 fully saturated rings. The Morgan fingerprint density at radius 3 is 1.03 bits per heavy atom. The Kier molecular flexibility index (Phi) is 58.4. The number of allylic oxidation sites excluding steroid dienone is 20. The number of ether oxygens (including phenoxy) is 3. The van der Waals surface area contributed by atoms with Crippen molar-refractivity contribution < 1.29 is 23.8 Å². The Balaban J connectivity index is 4.40. The minimum absolute atomic E-state index is 0.0544. The minimum Gasteiger partial charge on any atom is -0.462 e. The first kappa shape index (κ1) is 68.3. The van der Waals surface area contributed by atoms with Gasteiger partial charge in [0, 0.05) is 19.4 Å². The number of carbonyl (C=O) groups is 2. The van der Waals surface area contributed by atoms with Gasteiger partial charge in [-0.1, -0.05) is 245 Å². The Morgan fingerprint density at radius 1 is 0.319 bits per heavy atom. The van der Waals surface area contributed by atoms with Crippen LogP contribution in [0.15, 0.2) is 122 Å². The van der Waals surface area contributed by atoms with Crippen molar-refractivity contribution in [2.24, 2.45) is 0 Å². The van der Waals surface area contributed by atoms with Crippen LogP contribution in [0, 0.1) is 0 Å². The highest BCUT2D eigenvalue weighted by Crippen LogP contribution is 2.14. The van der Waals surface area contributed by atoms with Gasteiger partial charge >= 0.3 is 11.9 Å². The second-order valence-corrected chi connectivity index (χ2v) is 19.5. The first-order chi connectivity index (χ1) is 35.6. The standard InChI is InChI=1S/C67H112O5/c1-4-7-10-13-16-19-22-25-28-31-34-36-39-42-45-48-51-54-57-60-66(68)71-64-65(63-70-62-59-56-53-50-47-44-41-38-33-30-27-24-21-18-15-12-9-6-3)72-67(69)61-58-55-52-49-46-43-40-37-35-32-29-26-23-20-17-14-11-8-5-2/h7-8,10-11,16-17,19-20,25-30,34-37,42,45,65H,4-6,9,12-15,18,21-24,31-33,38-41,43-44,46-64H2,1-3H3/b10-7-,11-8-,19-16-,20-17-,28-25-,29-26-,30-27-,36-34-,37-35-,45-42-. The highest BCUT2D eigenvalue weighted by atomic mass is 16.6. The summed E-state index contributed by atoms with van der Waals surface area (Å²) in [6, 6.07) is 0. The fourth-order valence-corrected chi connectivity index (χ4v) is 8.05. The molecule has 0 radical (unpaired) electrons. The van der Waals surface area contributed by atoms with Crippen molar-refractivity contribution in [1.29, 1.82) is 0 Å². The molecule has 0 N–H and O–H groups in total. The third kappa shape index (κ3) is 58.9. The summed E-state index contributed by atoms with van der Waals surface area (Å²) in [4.78, 5) is 25.6. The first-order valence-corrected chi connectivity index (χ1v) is 30.1. The summed E-state index contributed by atoms with van der Waals surface area (Å²) in [5.74, 6) is -0.453. The monoisotopic (exact) mass is 997 g/mol. The normalized spacial score (nSPS) is 13.1. The maximum absolute atomic E-state index is 12.9. The van der Waals surface area contributed by atoms with Gasteiger partial charge in [-0.25, -0.2) is 0 Å². The number of rotatable bonds is 54. The van der Waals surface area contributed by atoms with E-state index in [4.69, 9.17) is 14.2 Å². The molecule has 0 aliphatic carbocycles. The van der Waals surface area contributed by atoms with Gasteiger partial charge < -0.3 is 14.2 Å². The highest BCUT2D eigenvalue weighted by Gasteiger charge is 2.17. The van der Waals surface area contributed by atoms with Crippen LogP contribution in [0.3, 0.4) is 0 Å². The summed E-state index contributed by atoms with van der Waals surface area (Å²) in [6.07, 6.45) is 86.5. The second-order valence-electron chi connectivity index (χ2n) is 19.5. The lowest BCUT2D eigenvalue weighted by molar-refractivity contribution is -0.163. The fourth-order valence-electron chi connectivity index (χ4n) is 8.05. The predicted molar refractivity (Wildman–Crippen MR) is 316 cm³/mol. The zero-order valence-corrected chi connectivity index (χ0v) is 47.2. The second kappa shape index (κ2) is 61.6. The van der Waals surface area contributed by atoms with Crippen LogP contribution in [0.2, 0.25) is 0 Å². The molecule has 0 bridgehead atoms. The third-order valence-electron chi connectivity index (χ3n) is 12.5. The molecule has 410 valence electrons. The predicted octanol–water partition coefficient (Wildman–Crippen LogP) is 20.9. The molecule has 1 unspecified atom stereocenters. The average Bonchev–Trinajstić information content (AvgIpc) is 3.38. The lowest BCUT2D eigenvalue weighted by Gasteiger charge is -2.18. The average molecular weight is 998 g/mol. The molecule has 5 heteroatoms. The molecule has 1 atom stereocenters. The van der Waals surface area contributed by atoms with Crippen molar-refractivity contribution in [2.75, 3.05) is 19.8 Å². The van der Waals surface area contributed by atoms with E-state index in [9.17, 15) is 9.59 Å². The molecule has 0 amide bonds. The van der Waals surface area contributed by atoms with E-state index in [0.29, 0.717) is 19.4 Å². The van der Waals surface area contributed by atoms with Crippen molar-refractivity contribution in [3.63, 3.8) is 0 Å². The summed E-state index contributed by atoms with van der Waals surface area (Å²) in [6.45, 7) is 7.55. The van der Waals surface area contributed by atoms with Crippen molar-refractivity contribution in [3.05, 3.63) is 122 Å². The van der Waals surface area contributed by atoms with E-state index in [-0.39, 0.29) is 25.2 Å². The number of hydrogen-bond acceptors (Lipinski definition) is 5. The van der Waals surface area contributed by atoms with Crippen molar-refractivity contribution in [1.82, 2.24) is 0 Å². The van der Waals surface area contributed by atoms with Crippen LogP contribution in [0.5, 0.6) is 0 Å². The lowest BCUT2D eigenvalue weighted by Crippen LogP contribution is -2.30.